The summed E-state index contributed by atoms with van der Waals surface area (Å²) in [5.41, 5.74) is 1.02. The molecular formula is C12H14FNO. The van der Waals surface area contributed by atoms with E-state index in [1.807, 2.05) is 31.2 Å². The molecule has 0 aliphatic heterocycles. The van der Waals surface area contributed by atoms with Gasteiger partial charge in [-0.25, -0.2) is 4.39 Å². The minimum atomic E-state index is -1.39. The van der Waals surface area contributed by atoms with Crippen LogP contribution in [0, 0.1) is 11.3 Å². The monoisotopic (exact) mass is 207 g/mol. The van der Waals surface area contributed by atoms with Gasteiger partial charge in [-0.3, -0.25) is 0 Å². The Morgan fingerprint density at radius 3 is 2.47 bits per heavy atom. The van der Waals surface area contributed by atoms with Crippen molar-refractivity contribution in [3.05, 3.63) is 29.8 Å². The van der Waals surface area contributed by atoms with Crippen LogP contribution in [0.15, 0.2) is 24.3 Å². The van der Waals surface area contributed by atoms with Crippen LogP contribution >= 0.6 is 0 Å². The Hall–Kier alpha value is -1.56. The van der Waals surface area contributed by atoms with Crippen LogP contribution in [0.3, 0.4) is 0 Å². The maximum Gasteiger partial charge on any atom is 0.186 e. The molecule has 0 radical (unpaired) electrons. The number of nitriles is 1. The number of rotatable bonds is 4. The van der Waals surface area contributed by atoms with E-state index in [9.17, 15) is 4.39 Å². The first-order chi connectivity index (χ1) is 7.17. The van der Waals surface area contributed by atoms with Crippen LogP contribution in [0.5, 0.6) is 5.75 Å². The van der Waals surface area contributed by atoms with Crippen LogP contribution in [0.25, 0.3) is 0 Å². The van der Waals surface area contributed by atoms with E-state index in [1.165, 1.54) is 0 Å². The maximum atomic E-state index is 12.8. The number of hydrogen-bond donors (Lipinski definition) is 0. The maximum absolute atomic E-state index is 12.8. The fraction of sp³-hybridized carbons (Fsp3) is 0.417. The lowest BCUT2D eigenvalue weighted by molar-refractivity contribution is 0.367. The molecule has 0 saturated carbocycles. The predicted octanol–water partition coefficient (Wildman–Crippen LogP) is 3.05. The second kappa shape index (κ2) is 5.35. The third kappa shape index (κ3) is 3.25. The van der Waals surface area contributed by atoms with Crippen LogP contribution in [0.1, 0.15) is 24.8 Å². The molecule has 0 unspecified atom stereocenters. The molecule has 0 spiro atoms. The summed E-state index contributed by atoms with van der Waals surface area (Å²) in [6.07, 6.45) is -1.15. The quantitative estimate of drug-likeness (QED) is 0.760. The average Bonchev–Trinajstić information content (AvgIpc) is 2.29. The smallest absolute Gasteiger partial charge is 0.186 e. The highest BCUT2D eigenvalue weighted by atomic mass is 19.1. The summed E-state index contributed by atoms with van der Waals surface area (Å²) in [6, 6.07) is 9.07. The third-order valence-electron chi connectivity index (χ3n) is 2.39. The molecular weight excluding hydrogens is 193 g/mol. The lowest BCUT2D eigenvalue weighted by Gasteiger charge is -2.11. The van der Waals surface area contributed by atoms with Gasteiger partial charge in [0.15, 0.2) is 6.17 Å². The van der Waals surface area contributed by atoms with E-state index >= 15 is 0 Å². The first-order valence-corrected chi connectivity index (χ1v) is 4.85. The van der Waals surface area contributed by atoms with Gasteiger partial charge in [0.05, 0.1) is 13.2 Å². The molecule has 0 aliphatic rings. The van der Waals surface area contributed by atoms with Crippen molar-refractivity contribution in [2.45, 2.75) is 25.4 Å². The zero-order chi connectivity index (χ0) is 11.3. The van der Waals surface area contributed by atoms with Crippen LogP contribution in [0.2, 0.25) is 0 Å². The second-order valence-corrected chi connectivity index (χ2v) is 3.51. The SMILES string of the molecule is COc1ccc([C@@H](C)C[C@@H](F)C#N)cc1. The molecule has 0 N–H and O–H groups in total. The van der Waals surface area contributed by atoms with E-state index < -0.39 is 6.17 Å². The van der Waals surface area contributed by atoms with E-state index in [-0.39, 0.29) is 12.3 Å². The van der Waals surface area contributed by atoms with Gasteiger partial charge in [-0.1, -0.05) is 19.1 Å². The molecule has 0 saturated heterocycles. The fourth-order valence-electron chi connectivity index (χ4n) is 1.43. The summed E-state index contributed by atoms with van der Waals surface area (Å²) >= 11 is 0. The molecule has 0 heterocycles. The standard InChI is InChI=1S/C12H14FNO/c1-9(7-11(13)8-14)10-3-5-12(15-2)6-4-10/h3-6,9,11H,7H2,1-2H3/t9-,11+/m0/s1. The van der Waals surface area contributed by atoms with E-state index in [2.05, 4.69) is 0 Å². The molecule has 0 bridgehead atoms. The number of ether oxygens (including phenoxy) is 1. The molecule has 1 aromatic carbocycles. The van der Waals surface area contributed by atoms with E-state index in [1.54, 1.807) is 13.2 Å². The van der Waals surface area contributed by atoms with E-state index in [0.717, 1.165) is 11.3 Å². The Morgan fingerprint density at radius 2 is 2.00 bits per heavy atom. The molecule has 1 aromatic rings. The van der Waals surface area contributed by atoms with Crippen molar-refractivity contribution in [3.8, 4) is 11.8 Å². The normalized spacial score (nSPS) is 14.0. The van der Waals surface area contributed by atoms with Crippen molar-refractivity contribution >= 4 is 0 Å². The molecule has 0 fully saturated rings. The molecule has 0 amide bonds. The van der Waals surface area contributed by atoms with Gasteiger partial charge >= 0.3 is 0 Å². The Balaban J connectivity index is 2.66. The summed E-state index contributed by atoms with van der Waals surface area (Å²) < 4.78 is 17.9. The molecule has 2 atom stereocenters. The Kier molecular flexibility index (Phi) is 4.11. The topological polar surface area (TPSA) is 33.0 Å². The molecule has 2 nitrogen and oxygen atoms in total. The van der Waals surface area contributed by atoms with Gasteiger partial charge in [-0.15, -0.1) is 0 Å². The zero-order valence-electron chi connectivity index (χ0n) is 8.90. The van der Waals surface area contributed by atoms with Crippen molar-refractivity contribution in [1.29, 1.82) is 5.26 Å². The van der Waals surface area contributed by atoms with Gasteiger partial charge in [-0.2, -0.15) is 5.26 Å². The van der Waals surface area contributed by atoms with E-state index in [0.29, 0.717) is 0 Å². The van der Waals surface area contributed by atoms with Gasteiger partial charge < -0.3 is 4.74 Å². The van der Waals surface area contributed by atoms with Gasteiger partial charge in [0.2, 0.25) is 0 Å². The highest BCUT2D eigenvalue weighted by Gasteiger charge is 2.12. The second-order valence-electron chi connectivity index (χ2n) is 3.51. The molecule has 1 rings (SSSR count). The number of hydrogen-bond acceptors (Lipinski definition) is 2. The minimum Gasteiger partial charge on any atom is -0.497 e. The van der Waals surface area contributed by atoms with Crippen LogP contribution < -0.4 is 4.74 Å². The van der Waals surface area contributed by atoms with Crippen molar-refractivity contribution in [3.63, 3.8) is 0 Å². The summed E-state index contributed by atoms with van der Waals surface area (Å²) in [5, 5.41) is 8.37. The Morgan fingerprint density at radius 1 is 1.40 bits per heavy atom. The van der Waals surface area contributed by atoms with Crippen molar-refractivity contribution < 1.29 is 9.13 Å². The molecule has 3 heteroatoms. The summed E-state index contributed by atoms with van der Waals surface area (Å²) in [5.74, 6) is 0.827. The lowest BCUT2D eigenvalue weighted by Crippen LogP contribution is -2.03. The van der Waals surface area contributed by atoms with Gasteiger partial charge in [0.25, 0.3) is 0 Å². The summed E-state index contributed by atoms with van der Waals surface area (Å²) in [6.45, 7) is 1.91. The number of alkyl halides is 1. The van der Waals surface area contributed by atoms with Crippen molar-refractivity contribution in [2.24, 2.45) is 0 Å². The largest absolute Gasteiger partial charge is 0.497 e. The summed E-state index contributed by atoms with van der Waals surface area (Å²) in [4.78, 5) is 0. The number of halogens is 1. The Labute approximate surface area is 89.3 Å². The van der Waals surface area contributed by atoms with Gasteiger partial charge in [0, 0.05) is 0 Å². The van der Waals surface area contributed by atoms with Crippen LogP contribution in [-0.4, -0.2) is 13.3 Å². The van der Waals surface area contributed by atoms with Crippen LogP contribution in [-0.2, 0) is 0 Å². The Bertz CT molecular complexity index is 342. The average molecular weight is 207 g/mol. The van der Waals surface area contributed by atoms with E-state index in [4.69, 9.17) is 10.00 Å². The first kappa shape index (κ1) is 11.5. The number of methoxy groups -OCH3 is 1. The van der Waals surface area contributed by atoms with Gasteiger partial charge in [-0.05, 0) is 30.0 Å². The molecule has 0 aromatic heterocycles. The molecule has 15 heavy (non-hydrogen) atoms. The number of nitrogens with zero attached hydrogens (tertiary/aromatic N) is 1. The summed E-state index contributed by atoms with van der Waals surface area (Å²) in [7, 11) is 1.60. The lowest BCUT2D eigenvalue weighted by atomic mass is 9.96. The molecule has 0 aliphatic carbocycles. The predicted molar refractivity (Wildman–Crippen MR) is 56.5 cm³/mol. The van der Waals surface area contributed by atoms with Crippen molar-refractivity contribution in [1.82, 2.24) is 0 Å². The first-order valence-electron chi connectivity index (χ1n) is 4.85. The molecule has 80 valence electrons. The highest BCUT2D eigenvalue weighted by molar-refractivity contribution is 5.29. The zero-order valence-corrected chi connectivity index (χ0v) is 8.90. The fourth-order valence-corrected chi connectivity index (χ4v) is 1.43. The number of benzene rings is 1. The van der Waals surface area contributed by atoms with Crippen LogP contribution in [0.4, 0.5) is 4.39 Å². The highest BCUT2D eigenvalue weighted by Crippen LogP contribution is 2.23. The van der Waals surface area contributed by atoms with Gasteiger partial charge in [0.1, 0.15) is 5.75 Å². The minimum absolute atomic E-state index is 0.0468. The van der Waals surface area contributed by atoms with Crippen molar-refractivity contribution in [2.75, 3.05) is 7.11 Å². The third-order valence-corrected chi connectivity index (χ3v) is 2.39.